The average Bonchev–Trinajstić information content (AvgIpc) is 2.79. The molecule has 0 spiro atoms. The Morgan fingerprint density at radius 3 is 2.35 bits per heavy atom. The number of aryl methyl sites for hydroxylation is 1. The van der Waals surface area contributed by atoms with E-state index in [2.05, 4.69) is 10.4 Å². The summed E-state index contributed by atoms with van der Waals surface area (Å²) in [6, 6.07) is 5.82. The van der Waals surface area contributed by atoms with Crippen molar-refractivity contribution in [3.63, 3.8) is 0 Å². The number of phenols is 1. The van der Waals surface area contributed by atoms with Crippen molar-refractivity contribution in [3.8, 4) is 5.75 Å². The monoisotopic (exact) mass is 318 g/mol. The first-order valence-electron chi connectivity index (χ1n) is 6.93. The van der Waals surface area contributed by atoms with E-state index in [0.29, 0.717) is 5.69 Å². The minimum Gasteiger partial charge on any atom is -0.508 e. The number of nitrogens with one attached hydrogen (secondary N) is 1. The number of amides is 1. The van der Waals surface area contributed by atoms with Crippen LogP contribution in [0.4, 0.5) is 11.4 Å². The van der Waals surface area contributed by atoms with Crippen LogP contribution in [0.3, 0.4) is 0 Å². The molecule has 1 aromatic carbocycles. The van der Waals surface area contributed by atoms with Crippen molar-refractivity contribution in [3.05, 3.63) is 45.8 Å². The molecule has 122 valence electrons. The van der Waals surface area contributed by atoms with E-state index in [1.165, 1.54) is 36.0 Å². The number of aromatic hydroxyl groups is 1. The zero-order valence-electron chi connectivity index (χ0n) is 13.3. The first-order valence-corrected chi connectivity index (χ1v) is 6.93. The lowest BCUT2D eigenvalue weighted by atomic mass is 9.91. The zero-order chi connectivity index (χ0) is 17.4. The fourth-order valence-electron chi connectivity index (χ4n) is 2.18. The number of nitrogens with zero attached hydrogens (tertiary/aromatic N) is 3. The fraction of sp³-hybridized carbons (Fsp3) is 0.333. The SMILES string of the molecule is Cn1nc(C(C)(C)C)c([N+](=O)[O-])c1C(=O)Nc1ccc(O)cc1. The molecule has 0 fully saturated rings. The molecule has 0 atom stereocenters. The molecule has 0 bridgehead atoms. The third kappa shape index (κ3) is 3.31. The highest BCUT2D eigenvalue weighted by molar-refractivity contribution is 6.06. The van der Waals surface area contributed by atoms with Gasteiger partial charge in [-0.3, -0.25) is 19.6 Å². The summed E-state index contributed by atoms with van der Waals surface area (Å²) in [5, 5.41) is 27.4. The number of hydrogen-bond acceptors (Lipinski definition) is 5. The second-order valence-corrected chi connectivity index (χ2v) is 6.18. The van der Waals surface area contributed by atoms with Crippen LogP contribution in [0.5, 0.6) is 5.75 Å². The van der Waals surface area contributed by atoms with E-state index in [1.807, 2.05) is 0 Å². The van der Waals surface area contributed by atoms with Gasteiger partial charge in [0.1, 0.15) is 11.4 Å². The van der Waals surface area contributed by atoms with Crippen molar-refractivity contribution in [1.29, 1.82) is 0 Å². The molecule has 0 saturated heterocycles. The number of nitro groups is 1. The van der Waals surface area contributed by atoms with Gasteiger partial charge in [0.15, 0.2) is 0 Å². The van der Waals surface area contributed by atoms with E-state index in [1.54, 1.807) is 20.8 Å². The highest BCUT2D eigenvalue weighted by atomic mass is 16.6. The number of carbonyl (C=O) groups is 1. The molecule has 2 aromatic rings. The molecule has 23 heavy (non-hydrogen) atoms. The standard InChI is InChI=1S/C15H18N4O4/c1-15(2,3)13-11(19(22)23)12(18(4)17-13)14(21)16-9-5-7-10(20)8-6-9/h5-8,20H,1-4H3,(H,16,21). The molecule has 2 N–H and O–H groups in total. The molecule has 1 aromatic heterocycles. The second-order valence-electron chi connectivity index (χ2n) is 6.18. The van der Waals surface area contributed by atoms with Crippen molar-refractivity contribution in [2.45, 2.75) is 26.2 Å². The van der Waals surface area contributed by atoms with Gasteiger partial charge in [0, 0.05) is 18.2 Å². The molecule has 0 aliphatic heterocycles. The summed E-state index contributed by atoms with van der Waals surface area (Å²) in [6.07, 6.45) is 0. The second kappa shape index (κ2) is 5.71. The third-order valence-corrected chi connectivity index (χ3v) is 3.26. The van der Waals surface area contributed by atoms with Gasteiger partial charge in [-0.15, -0.1) is 0 Å². The van der Waals surface area contributed by atoms with Gasteiger partial charge in [0.2, 0.25) is 5.69 Å². The molecule has 0 radical (unpaired) electrons. The molecule has 8 nitrogen and oxygen atoms in total. The van der Waals surface area contributed by atoms with Crippen LogP contribution in [0.1, 0.15) is 37.0 Å². The van der Waals surface area contributed by atoms with Gasteiger partial charge in [0.05, 0.1) is 4.92 Å². The molecule has 2 rings (SSSR count). The Bertz CT molecular complexity index is 757. The van der Waals surface area contributed by atoms with Gasteiger partial charge in [0.25, 0.3) is 5.91 Å². The van der Waals surface area contributed by atoms with Crippen molar-refractivity contribution in [2.24, 2.45) is 7.05 Å². The van der Waals surface area contributed by atoms with Crippen LogP contribution in [0.15, 0.2) is 24.3 Å². The molecule has 0 aliphatic rings. The average molecular weight is 318 g/mol. The molecule has 0 saturated carbocycles. The van der Waals surface area contributed by atoms with Crippen molar-refractivity contribution in [2.75, 3.05) is 5.32 Å². The highest BCUT2D eigenvalue weighted by Crippen LogP contribution is 2.33. The summed E-state index contributed by atoms with van der Waals surface area (Å²) >= 11 is 0. The van der Waals surface area contributed by atoms with E-state index in [-0.39, 0.29) is 22.8 Å². The number of benzene rings is 1. The van der Waals surface area contributed by atoms with Crippen LogP contribution < -0.4 is 5.32 Å². The predicted octanol–water partition coefficient (Wildman–Crippen LogP) is 2.58. The molecular formula is C15H18N4O4. The number of rotatable bonds is 3. The van der Waals surface area contributed by atoms with Crippen LogP contribution in [0.25, 0.3) is 0 Å². The molecule has 1 heterocycles. The molecule has 8 heteroatoms. The Labute approximate surface area is 132 Å². The minimum atomic E-state index is -0.632. The normalized spacial score (nSPS) is 11.3. The van der Waals surface area contributed by atoms with Crippen LogP contribution in [-0.2, 0) is 12.5 Å². The highest BCUT2D eigenvalue weighted by Gasteiger charge is 2.36. The van der Waals surface area contributed by atoms with Gasteiger partial charge in [-0.2, -0.15) is 5.10 Å². The Morgan fingerprint density at radius 1 is 1.30 bits per heavy atom. The van der Waals surface area contributed by atoms with E-state index in [4.69, 9.17) is 0 Å². The summed E-state index contributed by atoms with van der Waals surface area (Å²) in [5.41, 5.74) is -0.317. The number of aromatic nitrogens is 2. The minimum absolute atomic E-state index is 0.0598. The van der Waals surface area contributed by atoms with Gasteiger partial charge in [-0.25, -0.2) is 0 Å². The quantitative estimate of drug-likeness (QED) is 0.513. The molecule has 0 aliphatic carbocycles. The Balaban J connectivity index is 2.46. The lowest BCUT2D eigenvalue weighted by Gasteiger charge is -2.13. The van der Waals surface area contributed by atoms with E-state index in [0.717, 1.165) is 0 Å². The maximum Gasteiger partial charge on any atom is 0.323 e. The Morgan fingerprint density at radius 2 is 1.87 bits per heavy atom. The van der Waals surface area contributed by atoms with Gasteiger partial charge < -0.3 is 10.4 Å². The fourth-order valence-corrected chi connectivity index (χ4v) is 2.18. The number of carbonyl (C=O) groups excluding carboxylic acids is 1. The van der Waals surface area contributed by atoms with Crippen LogP contribution in [0.2, 0.25) is 0 Å². The van der Waals surface area contributed by atoms with Crippen LogP contribution >= 0.6 is 0 Å². The van der Waals surface area contributed by atoms with Gasteiger partial charge in [-0.05, 0) is 24.3 Å². The third-order valence-electron chi connectivity index (χ3n) is 3.26. The van der Waals surface area contributed by atoms with Crippen molar-refractivity contribution in [1.82, 2.24) is 9.78 Å². The predicted molar refractivity (Wildman–Crippen MR) is 84.6 cm³/mol. The maximum atomic E-state index is 12.4. The largest absolute Gasteiger partial charge is 0.508 e. The lowest BCUT2D eigenvalue weighted by molar-refractivity contribution is -0.386. The lowest BCUT2D eigenvalue weighted by Crippen LogP contribution is -2.18. The van der Waals surface area contributed by atoms with Gasteiger partial charge >= 0.3 is 5.69 Å². The van der Waals surface area contributed by atoms with Crippen molar-refractivity contribution >= 4 is 17.3 Å². The summed E-state index contributed by atoms with van der Waals surface area (Å²) in [4.78, 5) is 23.3. The smallest absolute Gasteiger partial charge is 0.323 e. The zero-order valence-corrected chi connectivity index (χ0v) is 13.3. The molecular weight excluding hydrogens is 300 g/mol. The first kappa shape index (κ1) is 16.5. The number of hydrogen-bond donors (Lipinski definition) is 2. The van der Waals surface area contributed by atoms with Crippen LogP contribution in [0, 0.1) is 10.1 Å². The van der Waals surface area contributed by atoms with E-state index >= 15 is 0 Å². The Hall–Kier alpha value is -2.90. The Kier molecular flexibility index (Phi) is 4.09. The first-order chi connectivity index (χ1) is 10.6. The van der Waals surface area contributed by atoms with Gasteiger partial charge in [-0.1, -0.05) is 20.8 Å². The maximum absolute atomic E-state index is 12.4. The topological polar surface area (TPSA) is 110 Å². The van der Waals surface area contributed by atoms with Crippen LogP contribution in [-0.4, -0.2) is 25.7 Å². The summed E-state index contributed by atoms with van der Waals surface area (Å²) in [5.74, 6) is -0.572. The summed E-state index contributed by atoms with van der Waals surface area (Å²) in [7, 11) is 1.49. The summed E-state index contributed by atoms with van der Waals surface area (Å²) < 4.78 is 1.22. The van der Waals surface area contributed by atoms with E-state index in [9.17, 15) is 20.0 Å². The molecule has 0 unspecified atom stereocenters. The number of phenolic OH excluding ortho intramolecular Hbond substituents is 1. The number of anilines is 1. The van der Waals surface area contributed by atoms with Crippen molar-refractivity contribution < 1.29 is 14.8 Å². The summed E-state index contributed by atoms with van der Waals surface area (Å²) in [6.45, 7) is 5.39. The van der Waals surface area contributed by atoms with E-state index < -0.39 is 16.2 Å². The molecule has 1 amide bonds.